The fraction of sp³-hybridized carbons (Fsp3) is 0.324. The van der Waals surface area contributed by atoms with Gasteiger partial charge in [0.1, 0.15) is 11.5 Å². The number of ether oxygens (including phenoxy) is 2. The van der Waals surface area contributed by atoms with E-state index in [-0.39, 0.29) is 24.8 Å². The molecule has 4 rings (SSSR count). The minimum Gasteiger partial charge on any atom is -0.495 e. The number of methoxy groups -OCH3 is 2. The van der Waals surface area contributed by atoms with Crippen molar-refractivity contribution in [3.63, 3.8) is 0 Å². The molecule has 2 N–H and O–H groups in total. The van der Waals surface area contributed by atoms with Crippen molar-refractivity contribution in [2.45, 2.75) is 39.0 Å². The third-order valence-corrected chi connectivity index (χ3v) is 8.83. The molecule has 0 radical (unpaired) electrons. The lowest BCUT2D eigenvalue weighted by molar-refractivity contribution is -0.141. The number of ketones is 1. The molecule has 0 aromatic heterocycles. The van der Waals surface area contributed by atoms with Crippen LogP contribution in [0.3, 0.4) is 0 Å². The van der Waals surface area contributed by atoms with Crippen LogP contribution in [0.5, 0.6) is 11.5 Å². The van der Waals surface area contributed by atoms with Gasteiger partial charge in [-0.15, -0.1) is 0 Å². The highest BCUT2D eigenvalue weighted by Gasteiger charge is 2.38. The van der Waals surface area contributed by atoms with Crippen LogP contribution in [0, 0.1) is 11.8 Å². The molecule has 1 aliphatic rings. The molecule has 1 fully saturated rings. The molecule has 1 heterocycles. The van der Waals surface area contributed by atoms with Gasteiger partial charge in [0, 0.05) is 30.2 Å². The first kappa shape index (κ1) is 34.8. The first-order chi connectivity index (χ1) is 22.1. The molecule has 2 atom stereocenters. The lowest BCUT2D eigenvalue weighted by Gasteiger charge is -2.35. The number of hydrogen-bond donors (Lipinski definition) is 1. The molecule has 0 aliphatic carbocycles. The Hall–Kier alpha value is -4.07. The number of Topliss-reactive ketones (excluding diaryl/α,β-unsaturated/α-hetero) is 1. The summed E-state index contributed by atoms with van der Waals surface area (Å²) in [5.41, 5.74) is 9.09. The Morgan fingerprint density at radius 2 is 1.39 bits per heavy atom. The van der Waals surface area contributed by atoms with Gasteiger partial charge >= 0.3 is 0 Å². The molecular weight excluding hydrogens is 623 g/mol. The Balaban J connectivity index is 1.77. The average molecular weight is 664 g/mol. The zero-order valence-electron chi connectivity index (χ0n) is 26.4. The number of unbranched alkanes of at least 4 members (excludes halogenated alkanes) is 2. The number of hydrogen-bond acceptors (Lipinski definition) is 5. The van der Waals surface area contributed by atoms with Gasteiger partial charge in [-0.1, -0.05) is 91.9 Å². The molecule has 242 valence electrons. The highest BCUT2D eigenvalue weighted by Crippen LogP contribution is 2.32. The van der Waals surface area contributed by atoms with Gasteiger partial charge in [-0.25, -0.2) is 0 Å². The number of piperidine rings is 1. The second-order valence-electron chi connectivity index (χ2n) is 11.5. The third-order valence-electron chi connectivity index (χ3n) is 8.24. The lowest BCUT2D eigenvalue weighted by atomic mass is 9.81. The van der Waals surface area contributed by atoms with Gasteiger partial charge in [-0.3, -0.25) is 14.4 Å². The van der Waals surface area contributed by atoms with Crippen molar-refractivity contribution in [1.29, 1.82) is 0 Å². The van der Waals surface area contributed by atoms with Crippen LogP contribution < -0.4 is 15.2 Å². The summed E-state index contributed by atoms with van der Waals surface area (Å²) in [6, 6.07) is 20.1. The quantitative estimate of drug-likeness (QED) is 0.152. The van der Waals surface area contributed by atoms with E-state index in [9.17, 15) is 14.4 Å². The Morgan fingerprint density at radius 1 is 0.848 bits per heavy atom. The number of likely N-dealkylation sites (tertiary alicyclic amines) is 1. The maximum atomic E-state index is 14.5. The smallest absolute Gasteiger partial charge is 0.227 e. The first-order valence-corrected chi connectivity index (χ1v) is 16.2. The predicted molar refractivity (Wildman–Crippen MR) is 184 cm³/mol. The van der Waals surface area contributed by atoms with Crippen LogP contribution in [0.1, 0.15) is 49.3 Å². The van der Waals surface area contributed by atoms with Crippen molar-refractivity contribution < 1.29 is 23.9 Å². The summed E-state index contributed by atoms with van der Waals surface area (Å²) in [5, 5.41) is 0.798. The molecule has 3 aromatic rings. The fourth-order valence-electron chi connectivity index (χ4n) is 5.80. The van der Waals surface area contributed by atoms with Crippen LogP contribution in [0.15, 0.2) is 77.9 Å². The van der Waals surface area contributed by atoms with Gasteiger partial charge in [0.05, 0.1) is 30.2 Å². The topological polar surface area (TPSA) is 98.9 Å². The fourth-order valence-corrected chi connectivity index (χ4v) is 6.33. The summed E-state index contributed by atoms with van der Waals surface area (Å²) in [7, 11) is 3.06. The van der Waals surface area contributed by atoms with Crippen molar-refractivity contribution in [3.8, 4) is 11.5 Å². The lowest BCUT2D eigenvalue weighted by Crippen LogP contribution is -2.48. The maximum absolute atomic E-state index is 14.5. The van der Waals surface area contributed by atoms with Gasteiger partial charge < -0.3 is 20.1 Å². The van der Waals surface area contributed by atoms with Gasteiger partial charge in [0.15, 0.2) is 5.78 Å². The van der Waals surface area contributed by atoms with Crippen molar-refractivity contribution in [3.05, 3.63) is 105 Å². The summed E-state index contributed by atoms with van der Waals surface area (Å²) in [4.78, 5) is 43.0. The zero-order chi connectivity index (χ0) is 33.2. The molecule has 0 bridgehead atoms. The van der Waals surface area contributed by atoms with E-state index in [1.165, 1.54) is 14.2 Å². The molecule has 0 saturated carbocycles. The Bertz CT molecular complexity index is 1540. The van der Waals surface area contributed by atoms with Crippen LogP contribution in [-0.4, -0.2) is 49.8 Å². The summed E-state index contributed by atoms with van der Waals surface area (Å²) in [5.74, 6) is -1.25. The molecule has 46 heavy (non-hydrogen) atoms. The monoisotopic (exact) mass is 662 g/mol. The average Bonchev–Trinajstić information content (AvgIpc) is 3.04. The Morgan fingerprint density at radius 3 is 1.85 bits per heavy atom. The Labute approximate surface area is 281 Å². The zero-order valence-corrected chi connectivity index (χ0v) is 27.9. The van der Waals surface area contributed by atoms with Crippen molar-refractivity contribution in [2.75, 3.05) is 27.3 Å². The number of carbonyl (C=O) groups excluding carboxylic acids is 3. The summed E-state index contributed by atoms with van der Waals surface area (Å²) < 4.78 is 10.6. The molecule has 0 spiro atoms. The van der Waals surface area contributed by atoms with E-state index in [1.807, 2.05) is 30.3 Å². The van der Waals surface area contributed by atoms with E-state index in [4.69, 9.17) is 38.4 Å². The number of carbonyl (C=O) groups is 3. The molecule has 1 unspecified atom stereocenters. The number of halogens is 2. The number of amides is 2. The Kier molecular flexibility index (Phi) is 12.5. The van der Waals surface area contributed by atoms with Crippen LogP contribution in [0.4, 0.5) is 0 Å². The molecular formula is C37H40Cl2N2O5. The normalized spacial score (nSPS) is 16.4. The molecule has 7 nitrogen and oxygen atoms in total. The number of nitrogens with two attached hydrogens (primary N) is 1. The number of rotatable bonds is 13. The first-order valence-electron chi connectivity index (χ1n) is 15.4. The van der Waals surface area contributed by atoms with Crippen molar-refractivity contribution in [2.24, 2.45) is 17.6 Å². The van der Waals surface area contributed by atoms with Gasteiger partial charge in [0.2, 0.25) is 11.8 Å². The van der Waals surface area contributed by atoms with E-state index < -0.39 is 17.7 Å². The molecule has 1 saturated heterocycles. The number of primary amides is 1. The molecule has 3 aromatic carbocycles. The maximum Gasteiger partial charge on any atom is 0.227 e. The summed E-state index contributed by atoms with van der Waals surface area (Å²) >= 11 is 12.8. The van der Waals surface area contributed by atoms with Crippen LogP contribution >= 0.6 is 23.2 Å². The van der Waals surface area contributed by atoms with E-state index in [1.54, 1.807) is 53.5 Å². The number of nitrogens with zero attached hydrogens (tertiary/aromatic N) is 1. The van der Waals surface area contributed by atoms with Crippen molar-refractivity contribution >= 4 is 53.0 Å². The van der Waals surface area contributed by atoms with Crippen LogP contribution in [0.2, 0.25) is 10.0 Å². The van der Waals surface area contributed by atoms with Gasteiger partial charge in [0.25, 0.3) is 0 Å². The standard InChI is InChI=1S/C37H40Cl2N2O5/c1-4-5-7-12-29(36(40)43)30(19-24-10-8-6-9-11-24)37(44)41-22-27(17-25-13-15-33(45-2)31(38)20-25)35(42)28(23-41)18-26-14-16-34(46-3)32(39)21-26/h6,8-11,13-18,20-21,29-30H,4-5,7,12,19,22-23H2,1-3H3,(H2,40,43)/b27-17+,28-18+/t29?,30-/m0/s1. The minimum absolute atomic E-state index is 0.0632. The predicted octanol–water partition coefficient (Wildman–Crippen LogP) is 7.43. The van der Waals surface area contributed by atoms with Crippen LogP contribution in [0.25, 0.3) is 12.2 Å². The summed E-state index contributed by atoms with van der Waals surface area (Å²) in [6.07, 6.45) is 7.03. The van der Waals surface area contributed by atoms with E-state index >= 15 is 0 Å². The van der Waals surface area contributed by atoms with E-state index in [2.05, 4.69) is 6.92 Å². The van der Waals surface area contributed by atoms with E-state index in [0.717, 1.165) is 24.8 Å². The molecule has 2 amide bonds. The summed E-state index contributed by atoms with van der Waals surface area (Å²) in [6.45, 7) is 2.21. The highest BCUT2D eigenvalue weighted by molar-refractivity contribution is 6.32. The van der Waals surface area contributed by atoms with Gasteiger partial charge in [-0.2, -0.15) is 0 Å². The van der Waals surface area contributed by atoms with Gasteiger partial charge in [-0.05, 0) is 65.9 Å². The minimum atomic E-state index is -0.696. The highest BCUT2D eigenvalue weighted by atomic mass is 35.5. The second-order valence-corrected chi connectivity index (χ2v) is 12.3. The van der Waals surface area contributed by atoms with Crippen LogP contribution in [-0.2, 0) is 20.8 Å². The largest absolute Gasteiger partial charge is 0.495 e. The second kappa shape index (κ2) is 16.5. The molecule has 1 aliphatic heterocycles. The SMILES string of the molecule is CCCCCC(C(N)=O)[C@H](Cc1ccccc1)C(=O)N1C/C(=C\c2ccc(OC)c(Cl)c2)C(=O)/C(=C/c2ccc(OC)c(Cl)c2)C1. The number of benzene rings is 3. The van der Waals surface area contributed by atoms with E-state index in [0.29, 0.717) is 56.7 Å². The molecule has 9 heteroatoms. The third kappa shape index (κ3) is 8.80. The van der Waals surface area contributed by atoms with Crippen molar-refractivity contribution in [1.82, 2.24) is 4.90 Å².